The Labute approximate surface area is 527 Å². The molecule has 9 rings (SSSR count). The normalized spacial score (nSPS) is 15.7. The first kappa shape index (κ1) is 72.9. The molecule has 25 heteroatoms. The van der Waals surface area contributed by atoms with Gasteiger partial charge >= 0.3 is 41.5 Å². The first-order valence-corrected chi connectivity index (χ1v) is 31.8. The van der Waals surface area contributed by atoms with Gasteiger partial charge in [-0.15, -0.1) is 0 Å². The number of nitrogens with one attached hydrogen (secondary N) is 2. The predicted molar refractivity (Wildman–Crippen MR) is 310 cm³/mol. The van der Waals surface area contributed by atoms with Crippen LogP contribution in [-0.4, -0.2) is 105 Å². The van der Waals surface area contributed by atoms with Gasteiger partial charge in [0.15, 0.2) is 12.4 Å². The zero-order valence-corrected chi connectivity index (χ0v) is 53.1. The van der Waals surface area contributed by atoms with E-state index in [9.17, 15) is 62.4 Å². The predicted octanol–water partition coefficient (Wildman–Crippen LogP) is 4.95. The molecule has 0 heterocycles. The summed E-state index contributed by atoms with van der Waals surface area (Å²) in [7, 11) is -11.3. The van der Waals surface area contributed by atoms with Crippen molar-refractivity contribution >= 4 is 59.0 Å². The van der Waals surface area contributed by atoms with Gasteiger partial charge in [0.1, 0.15) is 30.7 Å². The maximum absolute atomic E-state index is 13.5. The summed E-state index contributed by atoms with van der Waals surface area (Å²) >= 11 is 0. The fourth-order valence-corrected chi connectivity index (χ4v) is 14.1. The van der Waals surface area contributed by atoms with E-state index in [0.717, 1.165) is 109 Å². The van der Waals surface area contributed by atoms with Gasteiger partial charge in [-0.3, -0.25) is 24.0 Å². The minimum atomic E-state index is -3.81. The van der Waals surface area contributed by atoms with Crippen molar-refractivity contribution in [2.75, 3.05) is 39.5 Å². The second kappa shape index (κ2) is 33.7. The van der Waals surface area contributed by atoms with Gasteiger partial charge in [-0.1, -0.05) is 36.4 Å². The average Bonchev–Trinajstić information content (AvgIpc) is 2.08. The Morgan fingerprint density at radius 1 is 0.494 bits per heavy atom. The molecule has 18 nitrogen and oxygen atoms in total. The number of fused-ring (bicyclic) bond motifs is 3. The molecule has 2 amide bonds. The molecule has 0 spiro atoms. The molecule has 0 fully saturated rings. The number of halogens is 3. The van der Waals surface area contributed by atoms with Crippen LogP contribution in [0.25, 0.3) is 0 Å². The van der Waals surface area contributed by atoms with Crippen LogP contribution in [0.15, 0.2) is 157 Å². The Balaban J connectivity index is 0.000000261. The Morgan fingerprint density at radius 2 is 0.816 bits per heavy atom. The third kappa shape index (κ3) is 20.5. The molecule has 3 atom stereocenters. The number of carbonyl (C=O) groups is 5. The number of aryl methyl sites for hydroxylation is 3. The molecular weight excluding hydrogens is 1200 g/mol. The van der Waals surface area contributed by atoms with Crippen molar-refractivity contribution in [3.8, 4) is 0 Å². The fourth-order valence-electron chi connectivity index (χ4n) is 10.1. The van der Waals surface area contributed by atoms with E-state index in [2.05, 4.69) is 20.1 Å². The van der Waals surface area contributed by atoms with E-state index in [0.29, 0.717) is 25.6 Å². The van der Waals surface area contributed by atoms with Crippen molar-refractivity contribution < 1.29 is 112 Å². The number of nitrogens with two attached hydrogens (primary N) is 1. The molecule has 3 aliphatic carbocycles. The fraction of sp³-hybridized carbons (Fsp3) is 0.339. The van der Waals surface area contributed by atoms with Crippen molar-refractivity contribution in [2.24, 2.45) is 5.73 Å². The molecule has 6 aromatic rings. The molecule has 6 aromatic carbocycles. The smallest absolute Gasteiger partial charge is 0.870 e. The largest absolute Gasteiger partial charge is 1.00 e. The molecule has 0 unspecified atom stereocenters. The van der Waals surface area contributed by atoms with Crippen LogP contribution in [0, 0.1) is 17.5 Å². The Hall–Kier alpha value is -6.61. The third-order valence-corrected chi connectivity index (χ3v) is 19.6. The van der Waals surface area contributed by atoms with Crippen LogP contribution in [-0.2, 0) is 82.2 Å². The zero-order chi connectivity index (χ0) is 62.1. The van der Waals surface area contributed by atoms with E-state index in [-0.39, 0.29) is 101 Å². The van der Waals surface area contributed by atoms with Gasteiger partial charge in [0, 0.05) is 38.8 Å². The molecule has 0 radical (unpaired) electrons. The summed E-state index contributed by atoms with van der Waals surface area (Å²) in [6.45, 7) is 4.25. The number of sulfone groups is 3. The maximum Gasteiger partial charge on any atom is 1.00 e. The molecule has 0 aliphatic heterocycles. The van der Waals surface area contributed by atoms with Gasteiger partial charge in [0.05, 0.1) is 29.4 Å². The minimum absolute atomic E-state index is 0. The van der Waals surface area contributed by atoms with Crippen LogP contribution < -0.4 is 45.9 Å². The molecule has 0 aromatic heterocycles. The van der Waals surface area contributed by atoms with Crippen LogP contribution in [0.5, 0.6) is 0 Å². The number of hydrogen-bond acceptors (Lipinski definition) is 16. The van der Waals surface area contributed by atoms with Crippen LogP contribution in [0.2, 0.25) is 0 Å². The van der Waals surface area contributed by atoms with E-state index < -0.39 is 71.4 Å². The number of esters is 2. The number of aliphatic hydroxyl groups excluding tert-OH is 1. The third-order valence-electron chi connectivity index (χ3n) is 14.3. The average molecular weight is 1270 g/mol. The number of hydrogen-bond donors (Lipinski definition) is 4. The first-order chi connectivity index (χ1) is 40.3. The molecule has 0 saturated heterocycles. The Kier molecular flexibility index (Phi) is 28.2. The number of benzene rings is 6. The van der Waals surface area contributed by atoms with E-state index in [4.69, 9.17) is 10.8 Å². The number of carbonyl (C=O) groups excluding carboxylic acids is 5. The molecule has 462 valence electrons. The topological polar surface area (TPSA) is 307 Å². The summed E-state index contributed by atoms with van der Waals surface area (Å²) in [6.07, 6.45) is 7.89. The Bertz CT molecular complexity index is 3750. The van der Waals surface area contributed by atoms with E-state index >= 15 is 0 Å². The monoisotopic (exact) mass is 1270 g/mol. The molecular formula is C62H69F3N3NaO15S3. The molecule has 0 bridgehead atoms. The van der Waals surface area contributed by atoms with Crippen molar-refractivity contribution in [1.82, 2.24) is 10.6 Å². The number of ketones is 1. The number of ether oxygens (including phenoxy) is 2. The zero-order valence-electron chi connectivity index (χ0n) is 48.6. The van der Waals surface area contributed by atoms with E-state index in [1.807, 2.05) is 6.07 Å². The quantitative estimate of drug-likeness (QED) is 0.0736. The van der Waals surface area contributed by atoms with Crippen LogP contribution in [0.1, 0.15) is 110 Å². The first-order valence-electron chi connectivity index (χ1n) is 27.3. The SMILES string of the molecule is CC(=O)COC(C)=O.CC(=O)OCC(=O)NC[C@@H]1CCCc2cc(S(=O)(=O)c3cccc(F)c3)ccc21.NC[C@@H]1CCCc2cc(S(=O)(=O)c3cccc(F)c3)ccc21.O=C(CO)NC[C@@H]1CCCc2cc(S(=O)(=O)c3cccc(F)c3)ccc21.[Na+].[OH-]. The number of rotatable bonds is 16. The van der Waals surface area contributed by atoms with Gasteiger partial charge in [-0.2, -0.15) is 0 Å². The molecule has 0 saturated carbocycles. The van der Waals surface area contributed by atoms with Crippen molar-refractivity contribution in [1.29, 1.82) is 0 Å². The van der Waals surface area contributed by atoms with Gasteiger partial charge < -0.3 is 36.4 Å². The molecule has 3 aliphatic rings. The second-order valence-corrected chi connectivity index (χ2v) is 26.3. The van der Waals surface area contributed by atoms with E-state index in [1.165, 1.54) is 87.5 Å². The van der Waals surface area contributed by atoms with E-state index in [1.54, 1.807) is 36.4 Å². The van der Waals surface area contributed by atoms with Crippen LogP contribution in [0.4, 0.5) is 13.2 Å². The molecule has 87 heavy (non-hydrogen) atoms. The van der Waals surface area contributed by atoms with Gasteiger partial charge in [0.2, 0.25) is 35.4 Å². The van der Waals surface area contributed by atoms with Crippen LogP contribution in [0.3, 0.4) is 0 Å². The number of aliphatic hydroxyl groups is 1. The minimum Gasteiger partial charge on any atom is -0.870 e. The second-order valence-electron chi connectivity index (χ2n) is 20.5. The summed E-state index contributed by atoms with van der Waals surface area (Å²) in [5, 5.41) is 14.2. The summed E-state index contributed by atoms with van der Waals surface area (Å²) < 4.78 is 126. The number of Topliss-reactive ketones (excluding diaryl/α,β-unsaturated/α-hetero) is 1. The summed E-state index contributed by atoms with van der Waals surface area (Å²) in [4.78, 5) is 54.2. The van der Waals surface area contributed by atoms with Gasteiger partial charge in [-0.05, 0) is 202 Å². The van der Waals surface area contributed by atoms with Gasteiger partial charge in [-0.25, -0.2) is 38.4 Å². The number of amides is 2. The van der Waals surface area contributed by atoms with Crippen molar-refractivity contribution in [2.45, 2.75) is 126 Å². The van der Waals surface area contributed by atoms with Crippen molar-refractivity contribution in [3.05, 3.63) is 178 Å². The maximum atomic E-state index is 13.5. The Morgan fingerprint density at radius 3 is 1.13 bits per heavy atom. The summed E-state index contributed by atoms with van der Waals surface area (Å²) in [5.41, 5.74) is 11.8. The summed E-state index contributed by atoms with van der Waals surface area (Å²) in [6, 6.07) is 30.1. The van der Waals surface area contributed by atoms with Crippen LogP contribution >= 0.6 is 0 Å². The van der Waals surface area contributed by atoms with Gasteiger partial charge in [0.25, 0.3) is 5.91 Å². The molecule has 6 N–H and O–H groups in total. The summed E-state index contributed by atoms with van der Waals surface area (Å²) in [5.74, 6) is -3.20. The standard InChI is InChI=1S/C21H22FNO5S.C19H20FNO4S.C17H18FNO2S.C5H8O3.Na.H2O/c1-14(24)28-13-21(25)23-12-16-5-2-4-15-10-19(8-9-20(15)16)29(26,27)18-7-3-6-17(22)11-18;20-15-5-2-6-16(10-15)26(24,25)17-7-8-18-13(9-17)3-1-4-14(18)11-21-19(23)12-22;18-14-5-2-6-15(10-14)22(20,21)16-7-8-17-12(9-16)3-1-4-13(17)11-19;1-4(6)3-8-5(2)7;;/h3,6-11,16H,2,4-5,12-13H2,1H3,(H,23,25);2,5-10,14,22H,1,3-4,11-12H2,(H,21,23);2,5-10,13H,1,3-4,11,19H2;3H2,1-2H3;;1H2/q;;;;+1;/p-1/t16-;14-;13-;;;/m000.../s1. The van der Waals surface area contributed by atoms with Crippen molar-refractivity contribution in [3.63, 3.8) is 0 Å².